The summed E-state index contributed by atoms with van der Waals surface area (Å²) in [6.07, 6.45) is 4.16. The first-order chi connectivity index (χ1) is 17.4. The number of hydrogen-bond acceptors (Lipinski definition) is 4. The zero-order valence-corrected chi connectivity index (χ0v) is 21.9. The zero-order valence-electron chi connectivity index (χ0n) is 21.1. The average molecular weight is 497 g/mol. The van der Waals surface area contributed by atoms with E-state index < -0.39 is 0 Å². The fraction of sp³-hybridized carbons (Fsp3) is 0.267. The van der Waals surface area contributed by atoms with Crippen LogP contribution < -0.4 is 5.32 Å². The molecule has 0 bridgehead atoms. The number of anilines is 1. The molecule has 36 heavy (non-hydrogen) atoms. The topological polar surface area (TPSA) is 59.8 Å². The maximum Gasteiger partial charge on any atom is 0.181 e. The van der Waals surface area contributed by atoms with Crippen molar-refractivity contribution in [1.29, 1.82) is 0 Å². The van der Waals surface area contributed by atoms with Crippen LogP contribution >= 0.6 is 12.2 Å². The Morgan fingerprint density at radius 2 is 1.72 bits per heavy atom. The Bertz CT molecular complexity index is 1320. The van der Waals surface area contributed by atoms with Gasteiger partial charge in [0.2, 0.25) is 0 Å². The van der Waals surface area contributed by atoms with Crippen molar-refractivity contribution in [3.8, 4) is 17.1 Å². The van der Waals surface area contributed by atoms with Gasteiger partial charge in [-0.1, -0.05) is 86.2 Å². The standard InChI is InChI=1S/C30H32N4OS/c1-21(2)27-9-4-5-10-28(27)32-29(36)19-26(35)8-6-7-23-13-15-24(16-14-23)30-31-20-34(33-30)25-17-11-22(3)12-18-25/h4-5,9-18,20-21H,6-8,19H2,1-3H3,(H,32,36). The molecule has 184 valence electrons. The van der Waals surface area contributed by atoms with Gasteiger partial charge in [0, 0.05) is 17.7 Å². The molecular weight excluding hydrogens is 464 g/mol. The second kappa shape index (κ2) is 11.9. The molecule has 0 saturated carbocycles. The Labute approximate surface area is 218 Å². The van der Waals surface area contributed by atoms with Gasteiger partial charge in [-0.3, -0.25) is 4.79 Å². The van der Waals surface area contributed by atoms with Gasteiger partial charge in [-0.15, -0.1) is 5.10 Å². The number of benzene rings is 3. The van der Waals surface area contributed by atoms with E-state index in [-0.39, 0.29) is 12.2 Å². The van der Waals surface area contributed by atoms with E-state index in [1.165, 1.54) is 16.7 Å². The first kappa shape index (κ1) is 25.5. The summed E-state index contributed by atoms with van der Waals surface area (Å²) in [5.41, 5.74) is 6.55. The smallest absolute Gasteiger partial charge is 0.181 e. The van der Waals surface area contributed by atoms with Gasteiger partial charge in [0.1, 0.15) is 12.1 Å². The van der Waals surface area contributed by atoms with E-state index in [9.17, 15) is 4.79 Å². The lowest BCUT2D eigenvalue weighted by Gasteiger charge is -2.14. The SMILES string of the molecule is Cc1ccc(-n2cnc(-c3ccc(CCCC(=O)CC(=S)Nc4ccccc4C(C)C)cc3)n2)cc1. The minimum atomic E-state index is 0.164. The Balaban J connectivity index is 1.25. The van der Waals surface area contributed by atoms with Gasteiger partial charge in [0.05, 0.1) is 17.1 Å². The number of ketones is 1. The van der Waals surface area contributed by atoms with Gasteiger partial charge in [-0.05, 0) is 55.0 Å². The van der Waals surface area contributed by atoms with Crippen molar-refractivity contribution >= 4 is 28.7 Å². The molecule has 1 heterocycles. The van der Waals surface area contributed by atoms with E-state index in [0.29, 0.717) is 23.2 Å². The van der Waals surface area contributed by atoms with E-state index in [1.54, 1.807) is 11.0 Å². The van der Waals surface area contributed by atoms with Crippen molar-refractivity contribution in [2.24, 2.45) is 0 Å². The maximum atomic E-state index is 12.5. The summed E-state index contributed by atoms with van der Waals surface area (Å²) in [7, 11) is 0. The summed E-state index contributed by atoms with van der Waals surface area (Å²) in [5.74, 6) is 1.24. The second-order valence-corrected chi connectivity index (χ2v) is 9.90. The third-order valence-corrected chi connectivity index (χ3v) is 6.38. The zero-order chi connectivity index (χ0) is 25.5. The number of nitrogens with zero attached hydrogens (tertiary/aromatic N) is 3. The van der Waals surface area contributed by atoms with Crippen molar-refractivity contribution in [2.75, 3.05) is 5.32 Å². The van der Waals surface area contributed by atoms with E-state index in [4.69, 9.17) is 12.2 Å². The predicted octanol–water partition coefficient (Wildman–Crippen LogP) is 7.09. The Morgan fingerprint density at radius 1 is 1.00 bits per heavy atom. The molecule has 0 spiro atoms. The summed E-state index contributed by atoms with van der Waals surface area (Å²) in [6.45, 7) is 6.36. The maximum absolute atomic E-state index is 12.5. The molecule has 5 nitrogen and oxygen atoms in total. The first-order valence-corrected chi connectivity index (χ1v) is 12.8. The van der Waals surface area contributed by atoms with E-state index in [2.05, 4.69) is 66.5 Å². The summed E-state index contributed by atoms with van der Waals surface area (Å²) < 4.78 is 1.79. The number of aromatic nitrogens is 3. The number of hydrogen-bond donors (Lipinski definition) is 1. The normalized spacial score (nSPS) is 11.0. The minimum Gasteiger partial charge on any atom is -0.349 e. The number of aryl methyl sites for hydroxylation is 2. The first-order valence-electron chi connectivity index (χ1n) is 12.4. The molecule has 1 N–H and O–H groups in total. The van der Waals surface area contributed by atoms with Crippen LogP contribution in [0.2, 0.25) is 0 Å². The van der Waals surface area contributed by atoms with Crippen LogP contribution in [0, 0.1) is 6.92 Å². The Hall–Kier alpha value is -3.64. The summed E-state index contributed by atoms with van der Waals surface area (Å²) in [6, 6.07) is 24.5. The van der Waals surface area contributed by atoms with Crippen LogP contribution in [0.1, 0.15) is 55.7 Å². The lowest BCUT2D eigenvalue weighted by Crippen LogP contribution is -2.15. The molecule has 0 aliphatic carbocycles. The van der Waals surface area contributed by atoms with E-state index in [1.807, 2.05) is 42.5 Å². The lowest BCUT2D eigenvalue weighted by atomic mass is 10.0. The molecule has 0 aliphatic rings. The van der Waals surface area contributed by atoms with Gasteiger partial charge in [0.25, 0.3) is 0 Å². The van der Waals surface area contributed by atoms with Crippen molar-refractivity contribution in [3.05, 3.63) is 95.8 Å². The van der Waals surface area contributed by atoms with E-state index in [0.717, 1.165) is 29.8 Å². The fourth-order valence-electron chi connectivity index (χ4n) is 4.10. The molecule has 0 fully saturated rings. The molecule has 0 radical (unpaired) electrons. The van der Waals surface area contributed by atoms with Crippen molar-refractivity contribution in [2.45, 2.75) is 52.4 Å². The molecule has 0 unspecified atom stereocenters. The van der Waals surface area contributed by atoms with Crippen LogP contribution in [0.4, 0.5) is 5.69 Å². The molecule has 4 aromatic rings. The average Bonchev–Trinajstić information content (AvgIpc) is 3.35. The largest absolute Gasteiger partial charge is 0.349 e. The van der Waals surface area contributed by atoms with Crippen LogP contribution in [0.5, 0.6) is 0 Å². The molecule has 4 rings (SSSR count). The fourth-order valence-corrected chi connectivity index (χ4v) is 4.37. The predicted molar refractivity (Wildman–Crippen MR) is 151 cm³/mol. The molecule has 0 atom stereocenters. The molecule has 0 saturated heterocycles. The second-order valence-electron chi connectivity index (χ2n) is 9.40. The molecule has 3 aromatic carbocycles. The molecule has 0 amide bonds. The number of thiocarbonyl (C=S) groups is 1. The Morgan fingerprint density at radius 3 is 2.44 bits per heavy atom. The number of carbonyl (C=O) groups excluding carboxylic acids is 1. The van der Waals surface area contributed by atoms with Crippen molar-refractivity contribution < 1.29 is 4.79 Å². The van der Waals surface area contributed by atoms with Gasteiger partial charge >= 0.3 is 0 Å². The third-order valence-electron chi connectivity index (χ3n) is 6.14. The number of rotatable bonds is 10. The quantitative estimate of drug-likeness (QED) is 0.238. The number of carbonyl (C=O) groups is 1. The van der Waals surface area contributed by atoms with Gasteiger partial charge in [0.15, 0.2) is 5.82 Å². The van der Waals surface area contributed by atoms with Gasteiger partial charge < -0.3 is 5.32 Å². The van der Waals surface area contributed by atoms with Crippen LogP contribution in [-0.4, -0.2) is 25.5 Å². The van der Waals surface area contributed by atoms with Crippen LogP contribution in [0.15, 0.2) is 79.1 Å². The van der Waals surface area contributed by atoms with Gasteiger partial charge in [-0.25, -0.2) is 9.67 Å². The Kier molecular flexibility index (Phi) is 8.39. The van der Waals surface area contributed by atoms with Crippen LogP contribution in [0.25, 0.3) is 17.1 Å². The molecule has 6 heteroatoms. The number of Topliss-reactive ketones (excluding diaryl/α,β-unsaturated/α-hetero) is 1. The number of nitrogens with one attached hydrogen (secondary N) is 1. The van der Waals surface area contributed by atoms with Crippen molar-refractivity contribution in [3.63, 3.8) is 0 Å². The molecule has 0 aliphatic heterocycles. The highest BCUT2D eigenvalue weighted by Crippen LogP contribution is 2.24. The number of para-hydroxylation sites is 1. The minimum absolute atomic E-state index is 0.164. The van der Waals surface area contributed by atoms with Crippen LogP contribution in [-0.2, 0) is 11.2 Å². The summed E-state index contributed by atoms with van der Waals surface area (Å²) >= 11 is 5.46. The highest BCUT2D eigenvalue weighted by molar-refractivity contribution is 7.80. The van der Waals surface area contributed by atoms with Crippen LogP contribution in [0.3, 0.4) is 0 Å². The van der Waals surface area contributed by atoms with Gasteiger partial charge in [-0.2, -0.15) is 0 Å². The summed E-state index contributed by atoms with van der Waals surface area (Å²) in [4.78, 5) is 17.5. The molecular formula is C30H32N4OS. The van der Waals surface area contributed by atoms with Crippen molar-refractivity contribution in [1.82, 2.24) is 14.8 Å². The summed E-state index contributed by atoms with van der Waals surface area (Å²) in [5, 5.41) is 7.87. The highest BCUT2D eigenvalue weighted by Gasteiger charge is 2.11. The lowest BCUT2D eigenvalue weighted by molar-refractivity contribution is -0.117. The van der Waals surface area contributed by atoms with E-state index >= 15 is 0 Å². The third kappa shape index (κ3) is 6.73. The molecule has 1 aromatic heterocycles. The monoisotopic (exact) mass is 496 g/mol. The highest BCUT2D eigenvalue weighted by atomic mass is 32.1.